The molecular formula is C27H28N6O3. The lowest BCUT2D eigenvalue weighted by Gasteiger charge is -2.24. The van der Waals surface area contributed by atoms with E-state index in [0.717, 1.165) is 35.9 Å². The number of rotatable bonds is 9. The minimum Gasteiger partial charge on any atom is -0.361 e. The summed E-state index contributed by atoms with van der Waals surface area (Å²) in [5.41, 5.74) is 3.64. The lowest BCUT2D eigenvalue weighted by molar-refractivity contribution is -0.120. The SMILES string of the molecule is O=C[C@H](Cc1c[nH]cn1)NC(=O)c1ccccc1NC(=O)[C@@H]1CCCN1Cc1ccc2[nH]ccc2c1. The second-order valence-electron chi connectivity index (χ2n) is 9.04. The maximum absolute atomic E-state index is 13.3. The van der Waals surface area contributed by atoms with Gasteiger partial charge in [0.25, 0.3) is 5.91 Å². The van der Waals surface area contributed by atoms with Crippen LogP contribution in [0.4, 0.5) is 5.69 Å². The van der Waals surface area contributed by atoms with Gasteiger partial charge in [-0.25, -0.2) is 4.98 Å². The summed E-state index contributed by atoms with van der Waals surface area (Å²) in [4.78, 5) is 50.2. The smallest absolute Gasteiger partial charge is 0.253 e. The van der Waals surface area contributed by atoms with Crippen molar-refractivity contribution < 1.29 is 14.4 Å². The molecular weight excluding hydrogens is 456 g/mol. The molecule has 1 aliphatic heterocycles. The summed E-state index contributed by atoms with van der Waals surface area (Å²) in [6.45, 7) is 1.51. The lowest BCUT2D eigenvalue weighted by atomic mass is 10.1. The van der Waals surface area contributed by atoms with Gasteiger partial charge in [-0.15, -0.1) is 0 Å². The van der Waals surface area contributed by atoms with Crippen molar-refractivity contribution in [3.8, 4) is 0 Å². The fraction of sp³-hybridized carbons (Fsp3) is 0.259. The quantitative estimate of drug-likeness (QED) is 0.272. The molecule has 2 atom stereocenters. The van der Waals surface area contributed by atoms with Crippen molar-refractivity contribution in [2.45, 2.75) is 37.9 Å². The van der Waals surface area contributed by atoms with Gasteiger partial charge in [0.15, 0.2) is 0 Å². The van der Waals surface area contributed by atoms with Gasteiger partial charge in [-0.2, -0.15) is 0 Å². The summed E-state index contributed by atoms with van der Waals surface area (Å²) >= 11 is 0. The molecule has 184 valence electrons. The molecule has 0 spiro atoms. The molecule has 36 heavy (non-hydrogen) atoms. The molecule has 3 heterocycles. The zero-order valence-electron chi connectivity index (χ0n) is 19.7. The average molecular weight is 485 g/mol. The number of imidazole rings is 1. The van der Waals surface area contributed by atoms with Crippen LogP contribution in [-0.2, 0) is 22.6 Å². The largest absolute Gasteiger partial charge is 0.361 e. The van der Waals surface area contributed by atoms with Crippen LogP contribution in [0.2, 0.25) is 0 Å². The molecule has 4 aromatic rings. The molecule has 1 aliphatic rings. The van der Waals surface area contributed by atoms with Crippen molar-refractivity contribution >= 4 is 34.7 Å². The van der Waals surface area contributed by atoms with Crippen LogP contribution in [0, 0.1) is 0 Å². The first-order valence-electron chi connectivity index (χ1n) is 12.0. The van der Waals surface area contributed by atoms with Crippen LogP contribution < -0.4 is 10.6 Å². The Balaban J connectivity index is 1.26. The highest BCUT2D eigenvalue weighted by molar-refractivity contribution is 6.05. The van der Waals surface area contributed by atoms with Crippen molar-refractivity contribution in [2.75, 3.05) is 11.9 Å². The van der Waals surface area contributed by atoms with E-state index >= 15 is 0 Å². The number of carbonyl (C=O) groups excluding carboxylic acids is 3. The number of para-hydroxylation sites is 1. The van der Waals surface area contributed by atoms with Gasteiger partial charge < -0.3 is 25.4 Å². The number of aromatic nitrogens is 3. The number of likely N-dealkylation sites (tertiary alicyclic amines) is 1. The molecule has 5 rings (SSSR count). The van der Waals surface area contributed by atoms with Gasteiger partial charge >= 0.3 is 0 Å². The molecule has 0 aliphatic carbocycles. The van der Waals surface area contributed by atoms with Gasteiger partial charge in [-0.3, -0.25) is 14.5 Å². The third-order valence-electron chi connectivity index (χ3n) is 6.56. The molecule has 9 heteroatoms. The molecule has 0 radical (unpaired) electrons. The third kappa shape index (κ3) is 5.21. The summed E-state index contributed by atoms with van der Waals surface area (Å²) in [5, 5.41) is 6.84. The number of nitrogens with zero attached hydrogens (tertiary/aromatic N) is 2. The summed E-state index contributed by atoms with van der Waals surface area (Å²) in [6.07, 6.45) is 7.77. The number of anilines is 1. The van der Waals surface area contributed by atoms with E-state index in [1.165, 1.54) is 6.33 Å². The molecule has 0 bridgehead atoms. The predicted molar refractivity (Wildman–Crippen MR) is 136 cm³/mol. The van der Waals surface area contributed by atoms with Crippen LogP contribution in [0.1, 0.15) is 34.5 Å². The van der Waals surface area contributed by atoms with Gasteiger partial charge in [0, 0.05) is 30.9 Å². The molecule has 2 aromatic heterocycles. The highest BCUT2D eigenvalue weighted by Crippen LogP contribution is 2.24. The monoisotopic (exact) mass is 484 g/mol. The van der Waals surface area contributed by atoms with Gasteiger partial charge in [-0.1, -0.05) is 18.2 Å². The molecule has 0 saturated carbocycles. The Morgan fingerprint density at radius 2 is 2.08 bits per heavy atom. The zero-order chi connectivity index (χ0) is 24.9. The lowest BCUT2D eigenvalue weighted by Crippen LogP contribution is -2.40. The van der Waals surface area contributed by atoms with Gasteiger partial charge in [0.05, 0.1) is 35.4 Å². The number of aromatic amines is 2. The van der Waals surface area contributed by atoms with E-state index in [1.807, 2.05) is 12.3 Å². The molecule has 4 N–H and O–H groups in total. The van der Waals surface area contributed by atoms with Gasteiger partial charge in [-0.05, 0) is 60.7 Å². The highest BCUT2D eigenvalue weighted by Gasteiger charge is 2.31. The van der Waals surface area contributed by atoms with Crippen LogP contribution in [0.25, 0.3) is 10.9 Å². The minimum absolute atomic E-state index is 0.140. The topological polar surface area (TPSA) is 123 Å². The Morgan fingerprint density at radius 3 is 2.92 bits per heavy atom. The Kier molecular flexibility index (Phi) is 6.90. The van der Waals surface area contributed by atoms with Gasteiger partial charge in [0.1, 0.15) is 6.29 Å². The maximum atomic E-state index is 13.3. The molecule has 0 unspecified atom stereocenters. The Bertz CT molecular complexity index is 1360. The van der Waals surface area contributed by atoms with Crippen molar-refractivity contribution in [3.05, 3.63) is 84.1 Å². The minimum atomic E-state index is -0.729. The fourth-order valence-electron chi connectivity index (χ4n) is 4.76. The van der Waals surface area contributed by atoms with Crippen LogP contribution in [0.5, 0.6) is 0 Å². The number of hydrogen-bond donors (Lipinski definition) is 4. The molecule has 2 amide bonds. The Morgan fingerprint density at radius 1 is 1.19 bits per heavy atom. The van der Waals surface area contributed by atoms with Crippen molar-refractivity contribution in [3.63, 3.8) is 0 Å². The Hall–Kier alpha value is -4.24. The predicted octanol–water partition coefficient (Wildman–Crippen LogP) is 3.03. The second-order valence-corrected chi connectivity index (χ2v) is 9.04. The zero-order valence-corrected chi connectivity index (χ0v) is 19.7. The van der Waals surface area contributed by atoms with E-state index in [-0.39, 0.29) is 18.4 Å². The standard InChI is InChI=1S/C27H28N6O3/c34-16-21(13-20-14-28-17-30-20)31-26(35)22-4-1-2-5-24(22)32-27(36)25-6-3-11-33(25)15-18-7-8-23-19(12-18)9-10-29-23/h1-2,4-5,7-10,12,14,16-17,21,25,29H,3,6,11,13,15H2,(H,28,30)(H,31,35)(H,32,36)/t21-,25-/m0/s1. The van der Waals surface area contributed by atoms with Gasteiger partial charge in [0.2, 0.25) is 5.91 Å². The van der Waals surface area contributed by atoms with Crippen LogP contribution in [0.3, 0.4) is 0 Å². The van der Waals surface area contributed by atoms with E-state index in [4.69, 9.17) is 0 Å². The first-order valence-corrected chi connectivity index (χ1v) is 12.0. The highest BCUT2D eigenvalue weighted by atomic mass is 16.2. The maximum Gasteiger partial charge on any atom is 0.253 e. The fourth-order valence-corrected chi connectivity index (χ4v) is 4.76. The number of nitrogens with one attached hydrogen (secondary N) is 4. The van der Waals surface area contributed by atoms with Crippen LogP contribution >= 0.6 is 0 Å². The molecule has 9 nitrogen and oxygen atoms in total. The molecule has 1 saturated heterocycles. The Labute approximate surface area is 208 Å². The number of benzene rings is 2. The van der Waals surface area contributed by atoms with E-state index in [1.54, 1.807) is 30.5 Å². The first kappa shape index (κ1) is 23.5. The summed E-state index contributed by atoms with van der Waals surface area (Å²) in [6, 6.07) is 14.2. The summed E-state index contributed by atoms with van der Waals surface area (Å²) < 4.78 is 0. The number of fused-ring (bicyclic) bond motifs is 1. The number of aldehydes is 1. The average Bonchev–Trinajstić information content (AvgIpc) is 3.66. The molecule has 2 aromatic carbocycles. The van der Waals surface area contributed by atoms with E-state index in [9.17, 15) is 14.4 Å². The third-order valence-corrected chi connectivity index (χ3v) is 6.56. The van der Waals surface area contributed by atoms with Crippen molar-refractivity contribution in [1.29, 1.82) is 0 Å². The number of carbonyl (C=O) groups is 3. The number of amides is 2. The molecule has 1 fully saturated rings. The van der Waals surface area contributed by atoms with Crippen molar-refractivity contribution in [2.24, 2.45) is 0 Å². The van der Waals surface area contributed by atoms with E-state index < -0.39 is 11.9 Å². The second kappa shape index (κ2) is 10.6. The van der Waals surface area contributed by atoms with E-state index in [2.05, 4.69) is 48.7 Å². The van der Waals surface area contributed by atoms with Crippen LogP contribution in [-0.4, -0.2) is 56.6 Å². The number of H-pyrrole nitrogens is 2. The summed E-state index contributed by atoms with van der Waals surface area (Å²) in [7, 11) is 0. The normalized spacial score (nSPS) is 16.6. The number of hydrogen-bond acceptors (Lipinski definition) is 5. The van der Waals surface area contributed by atoms with E-state index in [0.29, 0.717) is 29.8 Å². The summed E-state index contributed by atoms with van der Waals surface area (Å²) in [5.74, 6) is -0.569. The first-order chi connectivity index (χ1) is 17.6. The van der Waals surface area contributed by atoms with Crippen molar-refractivity contribution in [1.82, 2.24) is 25.2 Å². The van der Waals surface area contributed by atoms with Crippen LogP contribution in [0.15, 0.2) is 67.3 Å².